The van der Waals surface area contributed by atoms with Crippen LogP contribution in [0.3, 0.4) is 0 Å². The van der Waals surface area contributed by atoms with Gasteiger partial charge in [-0.25, -0.2) is 8.78 Å². The van der Waals surface area contributed by atoms with Crippen LogP contribution in [0.1, 0.15) is 101 Å². The van der Waals surface area contributed by atoms with Gasteiger partial charge >= 0.3 is 0 Å². The molecule has 178 valence electrons. The first-order valence-electron chi connectivity index (χ1n) is 13.1. The molecule has 33 heavy (non-hydrogen) atoms. The van der Waals surface area contributed by atoms with Crippen molar-refractivity contribution >= 4 is 0 Å². The fourth-order valence-corrected chi connectivity index (χ4v) is 5.31. The molecule has 2 aromatic rings. The fraction of sp³-hybridized carbons (Fsp3) is 0.548. The molecule has 0 spiro atoms. The van der Waals surface area contributed by atoms with Crippen molar-refractivity contribution < 1.29 is 8.78 Å². The van der Waals surface area contributed by atoms with Crippen molar-refractivity contribution in [2.75, 3.05) is 0 Å². The summed E-state index contributed by atoms with van der Waals surface area (Å²) in [4.78, 5) is 0. The van der Waals surface area contributed by atoms with Crippen LogP contribution in [0.2, 0.25) is 0 Å². The molecule has 0 radical (unpaired) electrons. The van der Waals surface area contributed by atoms with Crippen molar-refractivity contribution in [2.45, 2.75) is 91.4 Å². The van der Waals surface area contributed by atoms with E-state index in [2.05, 4.69) is 32.6 Å². The predicted molar refractivity (Wildman–Crippen MR) is 135 cm³/mol. The number of hydrogen-bond donors (Lipinski definition) is 0. The Morgan fingerprint density at radius 3 is 2.12 bits per heavy atom. The zero-order valence-electron chi connectivity index (χ0n) is 20.7. The van der Waals surface area contributed by atoms with Gasteiger partial charge in [0.05, 0.1) is 5.56 Å². The zero-order chi connectivity index (χ0) is 23.6. The molecule has 3 rings (SSSR count). The maximum Gasteiger partial charge on any atom is 0.142 e. The van der Waals surface area contributed by atoms with E-state index in [1.165, 1.54) is 69.1 Å². The lowest BCUT2D eigenvalue weighted by atomic mass is 9.73. The molecule has 0 heterocycles. The summed E-state index contributed by atoms with van der Waals surface area (Å²) < 4.78 is 29.5. The monoisotopic (exact) mass is 450 g/mol. The highest BCUT2D eigenvalue weighted by atomic mass is 19.1. The average molecular weight is 451 g/mol. The number of unbranched alkanes of at least 4 members (excludes halogenated alkanes) is 2. The second-order valence-electron chi connectivity index (χ2n) is 10.1. The highest BCUT2D eigenvalue weighted by Crippen LogP contribution is 2.37. The highest BCUT2D eigenvalue weighted by Gasteiger charge is 2.25. The Bertz CT molecular complexity index is 901. The van der Waals surface area contributed by atoms with Crippen LogP contribution >= 0.6 is 0 Å². The summed E-state index contributed by atoms with van der Waals surface area (Å²) in [6.45, 7) is 6.65. The third-order valence-electron chi connectivity index (χ3n) is 7.40. The third-order valence-corrected chi connectivity index (χ3v) is 7.40. The van der Waals surface area contributed by atoms with Gasteiger partial charge in [0.2, 0.25) is 0 Å². The molecule has 0 saturated heterocycles. The molecule has 0 N–H and O–H groups in total. The van der Waals surface area contributed by atoms with E-state index in [-0.39, 0.29) is 5.56 Å². The smallest absolute Gasteiger partial charge is 0.142 e. The molecular formula is C31H40F2. The predicted octanol–water partition coefficient (Wildman–Crippen LogP) is 8.88. The van der Waals surface area contributed by atoms with Gasteiger partial charge in [-0.1, -0.05) is 89.7 Å². The van der Waals surface area contributed by atoms with Crippen molar-refractivity contribution in [3.63, 3.8) is 0 Å². The molecule has 2 aromatic carbocycles. The van der Waals surface area contributed by atoms with Crippen LogP contribution in [0.25, 0.3) is 0 Å². The molecule has 1 aliphatic rings. The average Bonchev–Trinajstić information content (AvgIpc) is 2.80. The number of hydrogen-bond acceptors (Lipinski definition) is 0. The third kappa shape index (κ3) is 7.70. The van der Waals surface area contributed by atoms with E-state index in [1.54, 1.807) is 0 Å². The van der Waals surface area contributed by atoms with Crippen LogP contribution in [0, 0.1) is 41.2 Å². The van der Waals surface area contributed by atoms with Crippen LogP contribution in [-0.2, 0) is 12.8 Å². The summed E-state index contributed by atoms with van der Waals surface area (Å²) in [6.07, 6.45) is 13.3. The molecule has 1 aliphatic carbocycles. The Hall–Kier alpha value is -2.14. The van der Waals surface area contributed by atoms with Crippen LogP contribution < -0.4 is 0 Å². The zero-order valence-corrected chi connectivity index (χ0v) is 20.7. The molecule has 1 fully saturated rings. The van der Waals surface area contributed by atoms with E-state index in [0.717, 1.165) is 36.3 Å². The van der Waals surface area contributed by atoms with Gasteiger partial charge in [0.15, 0.2) is 0 Å². The van der Waals surface area contributed by atoms with E-state index in [9.17, 15) is 8.78 Å². The van der Waals surface area contributed by atoms with Crippen LogP contribution in [0.4, 0.5) is 8.78 Å². The molecule has 1 saturated carbocycles. The van der Waals surface area contributed by atoms with Gasteiger partial charge in [-0.15, -0.1) is 0 Å². The Morgan fingerprint density at radius 2 is 1.52 bits per heavy atom. The van der Waals surface area contributed by atoms with Gasteiger partial charge < -0.3 is 0 Å². The first-order valence-corrected chi connectivity index (χ1v) is 13.1. The van der Waals surface area contributed by atoms with Crippen molar-refractivity contribution in [3.8, 4) is 11.8 Å². The molecular weight excluding hydrogens is 410 g/mol. The summed E-state index contributed by atoms with van der Waals surface area (Å²) in [5.41, 5.74) is 2.65. The molecule has 1 atom stereocenters. The van der Waals surface area contributed by atoms with Gasteiger partial charge in [-0.05, 0) is 78.8 Å². The standard InChI is InChI=1S/C31H40F2/c1-4-6-7-9-25-14-17-28(18-15-25)23(3)20-27-21-30(32)29(31(33)22-27)19-16-26-12-10-24(8-5-2)11-13-26/h10-13,21-23,25,28H,4-9,14-15,17-18,20H2,1-3H3. The topological polar surface area (TPSA) is 0 Å². The maximum absolute atomic E-state index is 14.7. The molecule has 0 aromatic heterocycles. The van der Waals surface area contributed by atoms with E-state index >= 15 is 0 Å². The summed E-state index contributed by atoms with van der Waals surface area (Å²) >= 11 is 0. The lowest BCUT2D eigenvalue weighted by molar-refractivity contribution is 0.204. The number of benzene rings is 2. The highest BCUT2D eigenvalue weighted by molar-refractivity contribution is 5.45. The van der Waals surface area contributed by atoms with Crippen LogP contribution in [0.15, 0.2) is 36.4 Å². The quantitative estimate of drug-likeness (QED) is 0.264. The molecule has 0 bridgehead atoms. The van der Waals surface area contributed by atoms with E-state index in [4.69, 9.17) is 0 Å². The largest absolute Gasteiger partial charge is 0.206 e. The lowest BCUT2D eigenvalue weighted by Gasteiger charge is -2.32. The SMILES string of the molecule is CCCCCC1CCC(C(C)Cc2cc(F)c(C#Cc3ccc(CCC)cc3)c(F)c2)CC1. The number of rotatable bonds is 9. The molecule has 0 nitrogen and oxygen atoms in total. The van der Waals surface area contributed by atoms with Crippen LogP contribution in [-0.4, -0.2) is 0 Å². The normalized spacial score (nSPS) is 19.1. The Morgan fingerprint density at radius 1 is 0.848 bits per heavy atom. The number of halogens is 2. The van der Waals surface area contributed by atoms with E-state index in [0.29, 0.717) is 11.8 Å². The molecule has 0 amide bonds. The van der Waals surface area contributed by atoms with Crippen molar-refractivity contribution in [1.82, 2.24) is 0 Å². The minimum atomic E-state index is -0.549. The van der Waals surface area contributed by atoms with Gasteiger partial charge in [0.25, 0.3) is 0 Å². The van der Waals surface area contributed by atoms with Crippen molar-refractivity contribution in [1.29, 1.82) is 0 Å². The molecule has 1 unspecified atom stereocenters. The first kappa shape index (κ1) is 25.5. The summed E-state index contributed by atoms with van der Waals surface area (Å²) in [6, 6.07) is 10.9. The summed E-state index contributed by atoms with van der Waals surface area (Å²) in [5, 5.41) is 0. The van der Waals surface area contributed by atoms with Gasteiger partial charge in [-0.3, -0.25) is 0 Å². The van der Waals surface area contributed by atoms with E-state index in [1.807, 2.05) is 24.3 Å². The van der Waals surface area contributed by atoms with Gasteiger partial charge in [-0.2, -0.15) is 0 Å². The summed E-state index contributed by atoms with van der Waals surface area (Å²) in [7, 11) is 0. The van der Waals surface area contributed by atoms with Crippen LogP contribution in [0.5, 0.6) is 0 Å². The van der Waals surface area contributed by atoms with Crippen molar-refractivity contribution in [3.05, 3.63) is 70.3 Å². The van der Waals surface area contributed by atoms with Crippen molar-refractivity contribution in [2.24, 2.45) is 17.8 Å². The maximum atomic E-state index is 14.7. The van der Waals surface area contributed by atoms with Gasteiger partial charge in [0, 0.05) is 5.56 Å². The second-order valence-corrected chi connectivity index (χ2v) is 10.1. The fourth-order valence-electron chi connectivity index (χ4n) is 5.31. The Balaban J connectivity index is 1.58. The Kier molecular flexibility index (Phi) is 9.98. The van der Waals surface area contributed by atoms with Gasteiger partial charge in [0.1, 0.15) is 11.6 Å². The first-order chi connectivity index (χ1) is 16.0. The minimum Gasteiger partial charge on any atom is -0.206 e. The second kappa shape index (κ2) is 12.9. The molecule has 0 aliphatic heterocycles. The summed E-state index contributed by atoms with van der Waals surface area (Å²) in [5.74, 6) is 6.53. The van der Waals surface area contributed by atoms with E-state index < -0.39 is 11.6 Å². The lowest BCUT2D eigenvalue weighted by Crippen LogP contribution is -2.21. The molecule has 2 heteroatoms. The minimum absolute atomic E-state index is 0.128. The number of aryl methyl sites for hydroxylation is 1. The Labute approximate surface area is 200 Å².